The zero-order chi connectivity index (χ0) is 25.6. The summed E-state index contributed by atoms with van der Waals surface area (Å²) in [4.78, 5) is 42.8. The van der Waals surface area contributed by atoms with Crippen LogP contribution in [0.2, 0.25) is 0 Å². The molecule has 0 fully saturated rings. The van der Waals surface area contributed by atoms with E-state index < -0.39 is 11.8 Å². The number of carbonyl (C=O) groups excluding carboxylic acids is 3. The maximum absolute atomic E-state index is 12.8. The van der Waals surface area contributed by atoms with Crippen LogP contribution in [0, 0.1) is 5.92 Å². The smallest absolute Gasteiger partial charge is 0.288 e. The summed E-state index contributed by atoms with van der Waals surface area (Å²) in [6.07, 6.45) is 3.36. The monoisotopic (exact) mass is 491 g/mol. The molecule has 1 heterocycles. The Morgan fingerprint density at radius 2 is 1.61 bits per heavy atom. The molecule has 1 atom stereocenters. The predicted molar refractivity (Wildman–Crippen MR) is 136 cm³/mol. The van der Waals surface area contributed by atoms with E-state index in [2.05, 4.69) is 23.0 Å². The molecule has 0 unspecified atom stereocenters. The van der Waals surface area contributed by atoms with Crippen LogP contribution in [0.1, 0.15) is 55.1 Å². The average molecular weight is 492 g/mol. The van der Waals surface area contributed by atoms with Gasteiger partial charge in [0.25, 0.3) is 5.91 Å². The maximum atomic E-state index is 12.8. The Kier molecular flexibility index (Phi) is 10.7. The summed E-state index contributed by atoms with van der Waals surface area (Å²) in [6, 6.07) is 22.3. The summed E-state index contributed by atoms with van der Waals surface area (Å²) in [5.74, 6) is -0.891. The zero-order valence-electron chi connectivity index (χ0n) is 20.5. The van der Waals surface area contributed by atoms with E-state index in [9.17, 15) is 14.4 Å². The van der Waals surface area contributed by atoms with Crippen LogP contribution in [0.5, 0.6) is 0 Å². The first-order valence-corrected chi connectivity index (χ1v) is 12.2. The van der Waals surface area contributed by atoms with Crippen molar-refractivity contribution in [2.45, 2.75) is 45.6 Å². The largest absolute Gasteiger partial charge is 0.451 e. The van der Waals surface area contributed by atoms with Gasteiger partial charge in [-0.05, 0) is 24.1 Å². The molecule has 36 heavy (non-hydrogen) atoms. The van der Waals surface area contributed by atoms with Gasteiger partial charge in [-0.2, -0.15) is 0 Å². The lowest BCUT2D eigenvalue weighted by Gasteiger charge is -2.17. The summed E-state index contributed by atoms with van der Waals surface area (Å²) in [7, 11) is 0. The first-order chi connectivity index (χ1) is 17.6. The Balaban J connectivity index is 1.45. The number of carbonyl (C=O) groups is 3. The van der Waals surface area contributed by atoms with Crippen LogP contribution in [-0.4, -0.2) is 24.4 Å². The van der Waals surface area contributed by atoms with Crippen LogP contribution in [0.25, 0.3) is 11.3 Å². The van der Waals surface area contributed by atoms with Crippen molar-refractivity contribution >= 4 is 17.7 Å². The number of hydrogen-bond donors (Lipinski definition) is 3. The predicted octanol–water partition coefficient (Wildman–Crippen LogP) is 4.58. The molecule has 3 aromatic rings. The van der Waals surface area contributed by atoms with Gasteiger partial charge in [0.05, 0.1) is 13.3 Å². The Morgan fingerprint density at radius 1 is 0.889 bits per heavy atom. The first-order valence-electron chi connectivity index (χ1n) is 12.2. The molecule has 2 aromatic carbocycles. The van der Waals surface area contributed by atoms with Gasteiger partial charge >= 0.3 is 0 Å². The van der Waals surface area contributed by atoms with Crippen LogP contribution in [0.15, 0.2) is 77.2 Å². The van der Waals surface area contributed by atoms with E-state index in [0.717, 1.165) is 30.4 Å². The van der Waals surface area contributed by atoms with Gasteiger partial charge in [0.1, 0.15) is 5.76 Å². The number of rotatable bonds is 14. The molecule has 8 nitrogen and oxygen atoms in total. The lowest BCUT2D eigenvalue weighted by molar-refractivity contribution is -0.139. The highest BCUT2D eigenvalue weighted by atomic mass is 16.6. The molecule has 0 aliphatic heterocycles. The van der Waals surface area contributed by atoms with Crippen molar-refractivity contribution in [1.82, 2.24) is 16.1 Å². The molecule has 0 radical (unpaired) electrons. The summed E-state index contributed by atoms with van der Waals surface area (Å²) < 4.78 is 5.63. The Hall–Kier alpha value is -3.91. The number of hydrogen-bond acceptors (Lipinski definition) is 5. The lowest BCUT2D eigenvalue weighted by Crippen LogP contribution is -2.41. The molecule has 0 aliphatic carbocycles. The minimum absolute atomic E-state index is 0.00307. The van der Waals surface area contributed by atoms with Gasteiger partial charge in [-0.3, -0.25) is 19.2 Å². The van der Waals surface area contributed by atoms with Crippen molar-refractivity contribution in [3.8, 4) is 11.3 Å². The SMILES string of the molecule is CCCCC[C@H](CC(=O)NOCc1ccccc1)C(=O)NCNC(=O)c1ccc(-c2ccccc2)o1. The van der Waals surface area contributed by atoms with Gasteiger partial charge in [-0.15, -0.1) is 0 Å². The number of furan rings is 1. The molecule has 0 aliphatic rings. The quantitative estimate of drug-likeness (QED) is 0.174. The van der Waals surface area contributed by atoms with E-state index in [1.54, 1.807) is 12.1 Å². The summed E-state index contributed by atoms with van der Waals surface area (Å²) >= 11 is 0. The van der Waals surface area contributed by atoms with Crippen molar-refractivity contribution in [1.29, 1.82) is 0 Å². The topological polar surface area (TPSA) is 110 Å². The van der Waals surface area contributed by atoms with Crippen molar-refractivity contribution in [2.24, 2.45) is 5.92 Å². The van der Waals surface area contributed by atoms with E-state index in [1.807, 2.05) is 60.7 Å². The summed E-state index contributed by atoms with van der Waals surface area (Å²) in [5.41, 5.74) is 4.21. The number of amides is 3. The van der Waals surface area contributed by atoms with Crippen molar-refractivity contribution < 1.29 is 23.6 Å². The second-order valence-corrected chi connectivity index (χ2v) is 8.45. The van der Waals surface area contributed by atoms with E-state index in [0.29, 0.717) is 12.2 Å². The Bertz CT molecular complexity index is 1100. The fourth-order valence-corrected chi connectivity index (χ4v) is 3.67. The number of unbranched alkanes of at least 4 members (excludes halogenated alkanes) is 2. The zero-order valence-corrected chi connectivity index (χ0v) is 20.5. The second kappa shape index (κ2) is 14.5. The molecular weight excluding hydrogens is 458 g/mol. The second-order valence-electron chi connectivity index (χ2n) is 8.45. The Labute approximate surface area is 211 Å². The minimum Gasteiger partial charge on any atom is -0.451 e. The Morgan fingerprint density at radius 3 is 2.33 bits per heavy atom. The molecule has 0 saturated heterocycles. The van der Waals surface area contributed by atoms with Gasteiger partial charge in [-0.1, -0.05) is 86.8 Å². The molecule has 0 saturated carbocycles. The molecule has 0 bridgehead atoms. The third-order valence-electron chi connectivity index (χ3n) is 5.63. The molecule has 3 amide bonds. The van der Waals surface area contributed by atoms with Gasteiger partial charge in [0, 0.05) is 17.9 Å². The van der Waals surface area contributed by atoms with Crippen LogP contribution >= 0.6 is 0 Å². The van der Waals surface area contributed by atoms with Crippen molar-refractivity contribution in [3.05, 3.63) is 84.1 Å². The van der Waals surface area contributed by atoms with Crippen LogP contribution < -0.4 is 16.1 Å². The summed E-state index contributed by atoms with van der Waals surface area (Å²) in [6.45, 7) is 2.24. The molecule has 190 valence electrons. The number of hydroxylamine groups is 1. The van der Waals surface area contributed by atoms with Crippen molar-refractivity contribution in [3.63, 3.8) is 0 Å². The normalized spacial score (nSPS) is 11.5. The van der Waals surface area contributed by atoms with E-state index in [-0.39, 0.29) is 37.3 Å². The average Bonchev–Trinajstić information content (AvgIpc) is 3.40. The minimum atomic E-state index is -0.526. The highest BCUT2D eigenvalue weighted by Gasteiger charge is 2.22. The van der Waals surface area contributed by atoms with Gasteiger partial charge in [0.2, 0.25) is 11.8 Å². The fourth-order valence-electron chi connectivity index (χ4n) is 3.67. The van der Waals surface area contributed by atoms with Crippen LogP contribution in [0.3, 0.4) is 0 Å². The van der Waals surface area contributed by atoms with Crippen molar-refractivity contribution in [2.75, 3.05) is 6.67 Å². The maximum Gasteiger partial charge on any atom is 0.288 e. The molecular formula is C28H33N3O5. The highest BCUT2D eigenvalue weighted by molar-refractivity contribution is 5.92. The fraction of sp³-hybridized carbons (Fsp3) is 0.321. The molecule has 3 N–H and O–H groups in total. The van der Waals surface area contributed by atoms with E-state index in [1.165, 1.54) is 0 Å². The van der Waals surface area contributed by atoms with E-state index >= 15 is 0 Å². The first kappa shape index (κ1) is 26.7. The molecule has 1 aromatic heterocycles. The standard InChI is InChI=1S/C28H33N3O5/c1-2-3-6-15-23(18-26(32)31-35-19-21-11-7-4-8-12-21)27(33)29-20-30-28(34)25-17-16-24(36-25)22-13-9-5-10-14-22/h4-5,7-14,16-17,23H,2-3,6,15,18-20H2,1H3,(H,29,33)(H,30,34)(H,31,32)/t23-/m1/s1. The lowest BCUT2D eigenvalue weighted by atomic mass is 9.96. The molecule has 3 rings (SSSR count). The van der Waals surface area contributed by atoms with Gasteiger partial charge in [0.15, 0.2) is 5.76 Å². The molecule has 8 heteroatoms. The van der Waals surface area contributed by atoms with E-state index in [4.69, 9.17) is 9.25 Å². The third-order valence-corrected chi connectivity index (χ3v) is 5.63. The number of benzene rings is 2. The highest BCUT2D eigenvalue weighted by Crippen LogP contribution is 2.21. The molecule has 0 spiro atoms. The third kappa shape index (κ3) is 8.70. The van der Waals surface area contributed by atoms with Crippen LogP contribution in [-0.2, 0) is 21.0 Å². The van der Waals surface area contributed by atoms with Crippen LogP contribution in [0.4, 0.5) is 0 Å². The summed E-state index contributed by atoms with van der Waals surface area (Å²) in [5, 5.41) is 5.34. The number of nitrogens with one attached hydrogen (secondary N) is 3. The van der Waals surface area contributed by atoms with Gasteiger partial charge in [-0.25, -0.2) is 5.48 Å². The van der Waals surface area contributed by atoms with Gasteiger partial charge < -0.3 is 15.1 Å².